The summed E-state index contributed by atoms with van der Waals surface area (Å²) in [5.41, 5.74) is 1.51. The summed E-state index contributed by atoms with van der Waals surface area (Å²) in [4.78, 5) is 3.06. The van der Waals surface area contributed by atoms with Crippen molar-refractivity contribution in [3.8, 4) is 0 Å². The van der Waals surface area contributed by atoms with E-state index >= 15 is 0 Å². The molecule has 11 heteroatoms. The Morgan fingerprint density at radius 1 is 0.900 bits per heavy atom. The van der Waals surface area contributed by atoms with Crippen LogP contribution in [0.1, 0.15) is 55.6 Å². The first-order valence-electron chi connectivity index (χ1n) is 13.9. The van der Waals surface area contributed by atoms with Gasteiger partial charge in [0.25, 0.3) is 0 Å². The largest absolute Gasteiger partial charge is 0.612 e. The first kappa shape index (κ1) is 31.7. The lowest BCUT2D eigenvalue weighted by Crippen LogP contribution is -2.42. The minimum absolute atomic E-state index is 0.205. The predicted molar refractivity (Wildman–Crippen MR) is 158 cm³/mol. The number of likely N-dealkylation sites (tertiary alicyclic amines) is 1. The van der Waals surface area contributed by atoms with Crippen molar-refractivity contribution in [2.24, 2.45) is 5.92 Å². The van der Waals surface area contributed by atoms with Crippen LogP contribution < -0.4 is 0 Å². The van der Waals surface area contributed by atoms with Crippen molar-refractivity contribution >= 4 is 32.4 Å². The van der Waals surface area contributed by atoms with Crippen molar-refractivity contribution in [3.05, 3.63) is 65.2 Å². The van der Waals surface area contributed by atoms with Gasteiger partial charge in [-0.1, -0.05) is 12.1 Å². The zero-order chi connectivity index (χ0) is 28.9. The molecule has 40 heavy (non-hydrogen) atoms. The van der Waals surface area contributed by atoms with Crippen LogP contribution in [-0.2, 0) is 32.4 Å². The Bertz CT molecular complexity index is 1180. The molecule has 0 radical (unpaired) electrons. The molecule has 3 atom stereocenters. The van der Waals surface area contributed by atoms with Gasteiger partial charge in [-0.15, -0.1) is 4.31 Å². The van der Waals surface area contributed by atoms with Gasteiger partial charge >= 0.3 is 0 Å². The summed E-state index contributed by atoms with van der Waals surface area (Å²) >= 11 is -2.15. The average molecular weight is 615 g/mol. The Balaban J connectivity index is 1.30. The summed E-state index contributed by atoms with van der Waals surface area (Å²) in [7, 11) is -3.16. The van der Waals surface area contributed by atoms with E-state index in [0.717, 1.165) is 44.1 Å². The number of hydrogen-bond acceptors (Lipinski definition) is 6. The van der Waals surface area contributed by atoms with Crippen LogP contribution in [0.2, 0.25) is 0 Å². The topological polar surface area (TPSA) is 86.7 Å². The second kappa shape index (κ2) is 14.3. The molecule has 222 valence electrons. The first-order chi connectivity index (χ1) is 19.0. The van der Waals surface area contributed by atoms with Crippen LogP contribution in [0.5, 0.6) is 0 Å². The molecule has 0 spiro atoms. The third-order valence-electron chi connectivity index (χ3n) is 8.43. The lowest BCUT2D eigenvalue weighted by atomic mass is 9.87. The maximum Gasteiger partial charge on any atom is 0.153 e. The minimum atomic E-state index is -3.16. The van der Waals surface area contributed by atoms with Crippen LogP contribution in [0.4, 0.5) is 8.78 Å². The summed E-state index contributed by atoms with van der Waals surface area (Å²) in [6.45, 7) is 3.62. The summed E-state index contributed by atoms with van der Waals surface area (Å²) in [5.74, 6) is -0.835. The molecule has 0 amide bonds. The van der Waals surface area contributed by atoms with Gasteiger partial charge < -0.3 is 14.0 Å². The van der Waals surface area contributed by atoms with Crippen molar-refractivity contribution in [2.75, 3.05) is 51.0 Å². The van der Waals surface area contributed by atoms with Crippen LogP contribution >= 0.6 is 0 Å². The molecule has 2 aliphatic rings. The number of rotatable bonds is 11. The van der Waals surface area contributed by atoms with Crippen molar-refractivity contribution < 1.29 is 26.3 Å². The predicted octanol–water partition coefficient (Wildman–Crippen LogP) is 4.50. The summed E-state index contributed by atoms with van der Waals surface area (Å²) in [6.07, 6.45) is 7.57. The zero-order valence-electron chi connectivity index (χ0n) is 23.3. The fourth-order valence-corrected chi connectivity index (χ4v) is 9.12. The van der Waals surface area contributed by atoms with Crippen molar-refractivity contribution in [2.45, 2.75) is 54.6 Å². The summed E-state index contributed by atoms with van der Waals surface area (Å²) in [5, 5.41) is -0.330. The third kappa shape index (κ3) is 8.65. The number of hydrogen-bond donors (Lipinski definition) is 0. The number of nitrogens with zero attached hydrogens (tertiary/aromatic N) is 2. The van der Waals surface area contributed by atoms with E-state index in [2.05, 4.69) is 4.90 Å². The number of sulfone groups is 1. The molecule has 0 N–H and O–H groups in total. The summed E-state index contributed by atoms with van der Waals surface area (Å²) < 4.78 is 79.4. The minimum Gasteiger partial charge on any atom is -0.612 e. The Morgan fingerprint density at radius 2 is 1.50 bits per heavy atom. The van der Waals surface area contributed by atoms with E-state index in [0.29, 0.717) is 55.1 Å². The summed E-state index contributed by atoms with van der Waals surface area (Å²) in [6, 6.07) is 11.1. The monoisotopic (exact) mass is 614 g/mol. The van der Waals surface area contributed by atoms with Gasteiger partial charge in [0.05, 0.1) is 11.0 Å². The van der Waals surface area contributed by atoms with E-state index in [1.165, 1.54) is 12.1 Å². The number of benzene rings is 2. The Morgan fingerprint density at radius 3 is 2.05 bits per heavy atom. The molecule has 2 fully saturated rings. The van der Waals surface area contributed by atoms with E-state index in [9.17, 15) is 26.3 Å². The molecular weight excluding hydrogens is 575 g/mol. The van der Waals surface area contributed by atoms with Crippen molar-refractivity contribution in [1.82, 2.24) is 9.21 Å². The molecule has 2 aliphatic heterocycles. The van der Waals surface area contributed by atoms with E-state index in [-0.39, 0.29) is 16.9 Å². The van der Waals surface area contributed by atoms with Crippen LogP contribution in [-0.4, -0.2) is 83.0 Å². The van der Waals surface area contributed by atoms with Gasteiger partial charge in [-0.3, -0.25) is 0 Å². The SMILES string of the molecule is C[S+]([O-])c1ccc([C@@H](CCN2CCC(CCS(=O)(=O)C3CCN([S+](C)[O-])CC3)CC2)c2cc(F)cc(F)c2)cc1. The van der Waals surface area contributed by atoms with Crippen molar-refractivity contribution in [3.63, 3.8) is 0 Å². The molecule has 2 heterocycles. The smallest absolute Gasteiger partial charge is 0.153 e. The lowest BCUT2D eigenvalue weighted by molar-refractivity contribution is 0.178. The van der Waals surface area contributed by atoms with Gasteiger partial charge in [-0.25, -0.2) is 17.2 Å². The third-order valence-corrected chi connectivity index (χ3v) is 12.7. The van der Waals surface area contributed by atoms with E-state index in [1.807, 2.05) is 28.6 Å². The number of halogens is 2. The Hall–Kier alpha value is -1.21. The fourth-order valence-electron chi connectivity index (χ4n) is 5.95. The molecule has 0 aliphatic carbocycles. The first-order valence-corrected chi connectivity index (χ1v) is 18.7. The molecule has 0 saturated carbocycles. The normalized spacial score (nSPS) is 20.9. The number of piperidine rings is 2. The Kier molecular flexibility index (Phi) is 11.3. The fraction of sp³-hybridized carbons (Fsp3) is 0.586. The second-order valence-electron chi connectivity index (χ2n) is 11.1. The highest BCUT2D eigenvalue weighted by atomic mass is 32.2. The zero-order valence-corrected chi connectivity index (χ0v) is 25.7. The molecule has 4 rings (SSSR count). The van der Waals surface area contributed by atoms with Crippen LogP contribution in [0.3, 0.4) is 0 Å². The van der Waals surface area contributed by atoms with E-state index in [4.69, 9.17) is 0 Å². The molecule has 2 aromatic carbocycles. The van der Waals surface area contributed by atoms with Crippen molar-refractivity contribution in [1.29, 1.82) is 0 Å². The maximum absolute atomic E-state index is 14.1. The second-order valence-corrected chi connectivity index (χ2v) is 16.2. The van der Waals surface area contributed by atoms with Crippen LogP contribution in [0.25, 0.3) is 0 Å². The van der Waals surface area contributed by atoms with E-state index in [1.54, 1.807) is 12.5 Å². The van der Waals surface area contributed by atoms with Gasteiger partial charge in [0.2, 0.25) is 0 Å². The lowest BCUT2D eigenvalue weighted by Gasteiger charge is -2.34. The molecule has 2 saturated heterocycles. The van der Waals surface area contributed by atoms with Gasteiger partial charge in [0, 0.05) is 36.4 Å². The Labute approximate surface area is 243 Å². The molecular formula is C29H40F2N2O4S3. The van der Waals surface area contributed by atoms with Gasteiger partial charge in [-0.2, -0.15) is 0 Å². The van der Waals surface area contributed by atoms with Gasteiger partial charge in [0.15, 0.2) is 14.7 Å². The molecule has 0 bridgehead atoms. The molecule has 2 unspecified atom stereocenters. The van der Waals surface area contributed by atoms with Crippen LogP contribution in [0, 0.1) is 17.6 Å². The maximum atomic E-state index is 14.1. The average Bonchev–Trinajstić information content (AvgIpc) is 2.92. The molecule has 6 nitrogen and oxygen atoms in total. The molecule has 2 aromatic rings. The highest BCUT2D eigenvalue weighted by molar-refractivity contribution is 7.92. The van der Waals surface area contributed by atoms with Gasteiger partial charge in [-0.05, 0) is 111 Å². The highest BCUT2D eigenvalue weighted by Crippen LogP contribution is 2.32. The van der Waals surface area contributed by atoms with Crippen LogP contribution in [0.15, 0.2) is 47.4 Å². The highest BCUT2D eigenvalue weighted by Gasteiger charge is 2.33. The standard InChI is InChI=1S/C29H40F2N2O4S3/c1-38(34)27-5-3-23(4-6-27)29(24-19-25(30)21-26(31)20-24)11-15-32-13-7-22(8-14-32)12-18-40(36,37)28-9-16-33(17-10-28)39(2)35/h3-6,19-22,28-29H,7-18H2,1-2H3/t29-,38?,39?/m1/s1. The van der Waals surface area contributed by atoms with Gasteiger partial charge in [0.1, 0.15) is 24.1 Å². The molecule has 0 aromatic heterocycles. The quantitative estimate of drug-likeness (QED) is 0.347. The van der Waals surface area contributed by atoms with E-state index < -0.39 is 44.0 Å².